The Hall–Kier alpha value is -1.56. The van der Waals surface area contributed by atoms with Crippen molar-refractivity contribution >= 4 is 51.4 Å². The van der Waals surface area contributed by atoms with Gasteiger partial charge in [0, 0.05) is 10.4 Å². The monoisotopic (exact) mass is 425 g/mol. The number of halogens is 2. The summed E-state index contributed by atoms with van der Waals surface area (Å²) >= 11 is 13.4. The van der Waals surface area contributed by atoms with Crippen molar-refractivity contribution in [3.63, 3.8) is 0 Å². The van der Waals surface area contributed by atoms with Gasteiger partial charge in [-0.3, -0.25) is 4.79 Å². The molecular formula is C20H21Cl2NO3S. The number of hydrogen-bond donors (Lipinski definition) is 1. The molecule has 1 aromatic carbocycles. The van der Waals surface area contributed by atoms with Crippen molar-refractivity contribution in [2.45, 2.75) is 52.1 Å². The standard InChI is InChI=1S/C20H21Cl2NO3S/c1-11(2)26-20(25)17-13-6-4-3-5-7-16(13)27-19(17)23-18(24)12-8-9-14(21)15(22)10-12/h8-11H,3-7H2,1-2H3,(H,23,24). The smallest absolute Gasteiger partial charge is 0.341 e. The molecule has 1 N–H and O–H groups in total. The normalized spacial score (nSPS) is 13.8. The Bertz CT molecular complexity index is 876. The third kappa shape index (κ3) is 4.65. The Morgan fingerprint density at radius 3 is 2.56 bits per heavy atom. The molecule has 1 amide bonds. The van der Waals surface area contributed by atoms with Crippen LogP contribution in [0, 0.1) is 0 Å². The predicted octanol–water partition coefficient (Wildman–Crippen LogP) is 6.14. The Kier molecular flexibility index (Phi) is 6.45. The second-order valence-corrected chi connectivity index (χ2v) is 8.73. The average molecular weight is 426 g/mol. The number of amides is 1. The summed E-state index contributed by atoms with van der Waals surface area (Å²) in [6.45, 7) is 3.63. The van der Waals surface area contributed by atoms with E-state index in [-0.39, 0.29) is 18.0 Å². The lowest BCUT2D eigenvalue weighted by molar-refractivity contribution is 0.0378. The zero-order chi connectivity index (χ0) is 19.6. The van der Waals surface area contributed by atoms with Crippen LogP contribution in [0.25, 0.3) is 0 Å². The van der Waals surface area contributed by atoms with Gasteiger partial charge in [-0.25, -0.2) is 4.79 Å². The number of nitrogens with one attached hydrogen (secondary N) is 1. The van der Waals surface area contributed by atoms with Crippen LogP contribution in [-0.2, 0) is 17.6 Å². The first kappa shape index (κ1) is 20.2. The maximum atomic E-state index is 12.7. The number of rotatable bonds is 4. The molecule has 0 atom stereocenters. The minimum Gasteiger partial charge on any atom is -0.459 e. The van der Waals surface area contributed by atoms with Crippen LogP contribution in [0.5, 0.6) is 0 Å². The summed E-state index contributed by atoms with van der Waals surface area (Å²) in [4.78, 5) is 26.6. The lowest BCUT2D eigenvalue weighted by atomic mass is 10.1. The molecule has 0 unspecified atom stereocenters. The first-order valence-electron chi connectivity index (χ1n) is 8.98. The number of aryl methyl sites for hydroxylation is 1. The second-order valence-electron chi connectivity index (χ2n) is 6.81. The molecule has 0 saturated heterocycles. The highest BCUT2D eigenvalue weighted by molar-refractivity contribution is 7.17. The van der Waals surface area contributed by atoms with Gasteiger partial charge in [0.05, 0.1) is 21.7 Å². The van der Waals surface area contributed by atoms with E-state index >= 15 is 0 Å². The topological polar surface area (TPSA) is 55.4 Å². The summed E-state index contributed by atoms with van der Waals surface area (Å²) in [6, 6.07) is 4.70. The van der Waals surface area contributed by atoms with E-state index in [1.165, 1.54) is 17.4 Å². The van der Waals surface area contributed by atoms with Crippen LogP contribution < -0.4 is 5.32 Å². The van der Waals surface area contributed by atoms with Crippen LogP contribution in [-0.4, -0.2) is 18.0 Å². The quantitative estimate of drug-likeness (QED) is 0.472. The molecule has 4 nitrogen and oxygen atoms in total. The molecule has 1 aliphatic carbocycles. The number of esters is 1. The summed E-state index contributed by atoms with van der Waals surface area (Å²) in [5.74, 6) is -0.711. The minimum absolute atomic E-state index is 0.225. The number of carbonyl (C=O) groups excluding carboxylic acids is 2. The van der Waals surface area contributed by atoms with Gasteiger partial charge in [-0.05, 0) is 63.3 Å². The predicted molar refractivity (Wildman–Crippen MR) is 111 cm³/mol. The molecule has 2 aromatic rings. The van der Waals surface area contributed by atoms with Crippen LogP contribution in [0.4, 0.5) is 5.00 Å². The third-order valence-corrected chi connectivity index (χ3v) is 6.32. The Morgan fingerprint density at radius 1 is 1.11 bits per heavy atom. The zero-order valence-corrected chi connectivity index (χ0v) is 17.6. The Balaban J connectivity index is 1.95. The second kappa shape index (κ2) is 8.63. The fourth-order valence-electron chi connectivity index (χ4n) is 3.13. The highest BCUT2D eigenvalue weighted by Crippen LogP contribution is 2.38. The van der Waals surface area contributed by atoms with Crippen LogP contribution in [0.15, 0.2) is 18.2 Å². The number of carbonyl (C=O) groups is 2. The lowest BCUT2D eigenvalue weighted by Gasteiger charge is -2.11. The zero-order valence-electron chi connectivity index (χ0n) is 15.2. The molecule has 27 heavy (non-hydrogen) atoms. The molecular weight excluding hydrogens is 405 g/mol. The van der Waals surface area contributed by atoms with E-state index in [1.54, 1.807) is 12.1 Å². The van der Waals surface area contributed by atoms with E-state index in [4.69, 9.17) is 27.9 Å². The van der Waals surface area contributed by atoms with E-state index in [0.29, 0.717) is 26.2 Å². The first-order chi connectivity index (χ1) is 12.9. The average Bonchev–Trinajstić information content (AvgIpc) is 2.77. The van der Waals surface area contributed by atoms with Crippen LogP contribution in [0.2, 0.25) is 10.0 Å². The molecule has 0 saturated carbocycles. The van der Waals surface area contributed by atoms with Gasteiger partial charge < -0.3 is 10.1 Å². The molecule has 0 bridgehead atoms. The number of thiophene rings is 1. The highest BCUT2D eigenvalue weighted by Gasteiger charge is 2.27. The maximum Gasteiger partial charge on any atom is 0.341 e. The van der Waals surface area contributed by atoms with Crippen molar-refractivity contribution in [3.8, 4) is 0 Å². The molecule has 7 heteroatoms. The largest absolute Gasteiger partial charge is 0.459 e. The molecule has 3 rings (SSSR count). The summed E-state index contributed by atoms with van der Waals surface area (Å²) in [7, 11) is 0. The van der Waals surface area contributed by atoms with Gasteiger partial charge in [0.25, 0.3) is 5.91 Å². The fourth-order valence-corrected chi connectivity index (χ4v) is 4.70. The summed E-state index contributed by atoms with van der Waals surface area (Å²) < 4.78 is 5.44. The van der Waals surface area contributed by atoms with Gasteiger partial charge in [-0.15, -0.1) is 11.3 Å². The molecule has 0 spiro atoms. The van der Waals surface area contributed by atoms with Gasteiger partial charge >= 0.3 is 5.97 Å². The molecule has 144 valence electrons. The third-order valence-electron chi connectivity index (χ3n) is 4.38. The molecule has 1 aliphatic rings. The van der Waals surface area contributed by atoms with Crippen molar-refractivity contribution in [2.24, 2.45) is 0 Å². The van der Waals surface area contributed by atoms with Gasteiger partial charge in [0.1, 0.15) is 5.00 Å². The molecule has 1 heterocycles. The van der Waals surface area contributed by atoms with E-state index < -0.39 is 0 Å². The molecule has 0 aliphatic heterocycles. The van der Waals surface area contributed by atoms with Gasteiger partial charge in [-0.1, -0.05) is 29.6 Å². The number of anilines is 1. The number of hydrogen-bond acceptors (Lipinski definition) is 4. The van der Waals surface area contributed by atoms with Crippen molar-refractivity contribution in [2.75, 3.05) is 5.32 Å². The summed E-state index contributed by atoms with van der Waals surface area (Å²) in [5, 5.41) is 4.12. The number of ether oxygens (including phenoxy) is 1. The lowest BCUT2D eigenvalue weighted by Crippen LogP contribution is -2.17. The van der Waals surface area contributed by atoms with Gasteiger partial charge in [0.2, 0.25) is 0 Å². The highest BCUT2D eigenvalue weighted by atomic mass is 35.5. The van der Waals surface area contributed by atoms with E-state index in [1.807, 2.05) is 13.8 Å². The SMILES string of the molecule is CC(C)OC(=O)c1c(NC(=O)c2ccc(Cl)c(Cl)c2)sc2c1CCCCC2. The summed E-state index contributed by atoms with van der Waals surface area (Å²) in [5.41, 5.74) is 1.91. The number of benzene rings is 1. The summed E-state index contributed by atoms with van der Waals surface area (Å²) in [6.07, 6.45) is 4.79. The van der Waals surface area contributed by atoms with E-state index in [9.17, 15) is 9.59 Å². The minimum atomic E-state index is -0.381. The molecule has 1 aromatic heterocycles. The van der Waals surface area contributed by atoms with Crippen molar-refractivity contribution < 1.29 is 14.3 Å². The van der Waals surface area contributed by atoms with Crippen molar-refractivity contribution in [3.05, 3.63) is 49.8 Å². The van der Waals surface area contributed by atoms with Crippen molar-refractivity contribution in [1.29, 1.82) is 0 Å². The van der Waals surface area contributed by atoms with E-state index in [2.05, 4.69) is 5.32 Å². The Labute approximate surface area is 172 Å². The molecule has 0 fully saturated rings. The van der Waals surface area contributed by atoms with Gasteiger partial charge in [0.15, 0.2) is 0 Å². The Morgan fingerprint density at radius 2 is 1.85 bits per heavy atom. The maximum absolute atomic E-state index is 12.7. The first-order valence-corrected chi connectivity index (χ1v) is 10.6. The number of fused-ring (bicyclic) bond motifs is 1. The van der Waals surface area contributed by atoms with Crippen LogP contribution in [0.1, 0.15) is 64.3 Å². The van der Waals surface area contributed by atoms with E-state index in [0.717, 1.165) is 42.5 Å². The molecule has 0 radical (unpaired) electrons. The van der Waals surface area contributed by atoms with Gasteiger partial charge in [-0.2, -0.15) is 0 Å². The van der Waals surface area contributed by atoms with Crippen molar-refractivity contribution in [1.82, 2.24) is 0 Å². The van der Waals surface area contributed by atoms with Crippen LogP contribution >= 0.6 is 34.5 Å². The fraction of sp³-hybridized carbons (Fsp3) is 0.400. The van der Waals surface area contributed by atoms with Crippen LogP contribution in [0.3, 0.4) is 0 Å².